The molecule has 1 aliphatic carbocycles. The molecule has 37 N–H and O–H groups in total. The minimum atomic E-state index is -2.07. The van der Waals surface area contributed by atoms with E-state index in [4.69, 9.17) is 82.0 Å². The summed E-state index contributed by atoms with van der Waals surface area (Å²) in [5.41, 5.74) is 3.67. The van der Waals surface area contributed by atoms with Gasteiger partial charge in [-0.15, -0.1) is 0 Å². The van der Waals surface area contributed by atoms with Gasteiger partial charge in [-0.25, -0.2) is 14.4 Å². The van der Waals surface area contributed by atoms with Crippen molar-refractivity contribution in [1.29, 1.82) is 0 Å². The average molecular weight is 2070 g/mol. The van der Waals surface area contributed by atoms with Gasteiger partial charge in [-0.2, -0.15) is 0 Å². The molecule has 0 bridgehead atoms. The highest BCUT2D eigenvalue weighted by atomic mass is 16.6. The van der Waals surface area contributed by atoms with Crippen molar-refractivity contribution < 1.29 is 249 Å². The molecule has 0 fully saturated rings. The third-order valence-electron chi connectivity index (χ3n) is 20.8. The molecule has 2 aromatic carbocycles. The molecule has 1 aliphatic rings. The first-order valence-corrected chi connectivity index (χ1v) is 45.6. The van der Waals surface area contributed by atoms with Gasteiger partial charge >= 0.3 is 18.3 Å². The molecular weight excluding hydrogens is 1920 g/mol. The van der Waals surface area contributed by atoms with Crippen molar-refractivity contribution in [3.8, 4) is 11.1 Å². The molecule has 142 heavy (non-hydrogen) atoms. The van der Waals surface area contributed by atoms with Gasteiger partial charge in [-0.1, -0.05) is 48.5 Å². The Bertz CT molecular complexity index is 3540. The molecule has 3 rings (SSSR count). The second-order valence-corrected chi connectivity index (χ2v) is 33.8. The van der Waals surface area contributed by atoms with E-state index in [1.165, 1.54) is 0 Å². The number of carbonyl (C=O) groups is 5. The van der Waals surface area contributed by atoms with E-state index in [2.05, 4.69) is 26.6 Å². The summed E-state index contributed by atoms with van der Waals surface area (Å²) in [6.45, 7) is -17.6. The average Bonchev–Trinajstić information content (AvgIpc) is 1.61. The van der Waals surface area contributed by atoms with Gasteiger partial charge in [0.2, 0.25) is 11.8 Å². The number of hydrogen-bond donors (Lipinski definition) is 37. The lowest BCUT2D eigenvalue weighted by Gasteiger charge is -2.34. The maximum absolute atomic E-state index is 13.6. The van der Waals surface area contributed by atoms with E-state index in [0.29, 0.717) is 0 Å². The predicted octanol–water partition coefficient (Wildman–Crippen LogP) is -19.2. The van der Waals surface area contributed by atoms with Gasteiger partial charge in [0.15, 0.2) is 0 Å². The first-order chi connectivity index (χ1) is 67.4. The molecule has 57 nitrogen and oxygen atoms in total. The van der Waals surface area contributed by atoms with Crippen LogP contribution < -0.4 is 26.6 Å². The van der Waals surface area contributed by atoms with Crippen LogP contribution in [0.25, 0.3) is 11.1 Å². The lowest BCUT2D eigenvalue weighted by Crippen LogP contribution is -2.54. The van der Waals surface area contributed by atoms with Crippen LogP contribution in [0.4, 0.5) is 14.4 Å². The summed E-state index contributed by atoms with van der Waals surface area (Å²) in [5, 5.41) is 335. The molecule has 0 aromatic heterocycles. The monoisotopic (exact) mass is 2070 g/mol. The Morgan fingerprint density at radius 2 is 0.486 bits per heavy atom. The van der Waals surface area contributed by atoms with Gasteiger partial charge in [-0.3, -0.25) is 19.4 Å². The Hall–Kier alpha value is -6.57. The number of nitrogens with one attached hydrogen (secondary N) is 5. The van der Waals surface area contributed by atoms with Crippen LogP contribution in [0.2, 0.25) is 0 Å². The topological polar surface area (TPSA) is 919 Å². The quantitative estimate of drug-likeness (QED) is 0.0216. The lowest BCUT2D eigenvalue weighted by atomic mass is 9.98. The Morgan fingerprint density at radius 3 is 0.746 bits per heavy atom. The molecule has 5 amide bonds. The van der Waals surface area contributed by atoms with Crippen LogP contribution in [0, 0.1) is 0 Å². The molecule has 0 saturated heterocycles. The smallest absolute Gasteiger partial charge is 0.407 e. The van der Waals surface area contributed by atoms with Crippen LogP contribution in [0.15, 0.2) is 48.5 Å². The SMILES string of the molecule is O=C(C[C@@H](NC(=O)OCC1c2ccccc2-c2ccccc21)C(=O)NCCNC(=O)OCC(O)COCC(O)COCC(O)COCC(O)COCC(O)COCC(O)CN(C[C@H](O)[C@@H](O)[C@H](O)[C@H](O)CO)C[C@H](O)[C@@H](O)[C@H](O)[C@H](O)CO)NCCNC(=O)OCC(O)COCC(O)COCC(O)COCC(O)COCC(O)COCC(O)CN(C[C@H](O)[C@@H](O)[C@H](O)[C@H](O)CO)C[C@H](O)[C@@H](O)[C@H](O)[C@H](O)CO. The second-order valence-electron chi connectivity index (χ2n) is 33.8. The normalized spacial score (nSPS) is 18.6. The molecular formula is C85H151N7O50. The Labute approximate surface area is 816 Å². The van der Waals surface area contributed by atoms with Gasteiger partial charge in [0, 0.05) is 71.4 Å². The first kappa shape index (κ1) is 130. The van der Waals surface area contributed by atoms with Crippen molar-refractivity contribution in [2.24, 2.45) is 0 Å². The van der Waals surface area contributed by atoms with Gasteiger partial charge in [-0.05, 0) is 22.3 Å². The van der Waals surface area contributed by atoms with Crippen molar-refractivity contribution in [1.82, 2.24) is 36.4 Å². The number of rotatable bonds is 84. The highest BCUT2D eigenvalue weighted by Crippen LogP contribution is 2.44. The number of fused-ring (bicyclic) bond motifs is 3. The molecule has 0 spiro atoms. The number of nitrogens with zero attached hydrogens (tertiary/aromatic N) is 2. The van der Waals surface area contributed by atoms with Gasteiger partial charge in [0.05, 0.1) is 202 Å². The van der Waals surface area contributed by atoms with Crippen LogP contribution in [-0.4, -0.2) is 624 Å². The van der Waals surface area contributed by atoms with E-state index in [1.54, 1.807) is 0 Å². The van der Waals surface area contributed by atoms with Crippen LogP contribution in [0.5, 0.6) is 0 Å². The summed E-state index contributed by atoms with van der Waals surface area (Å²) in [6.07, 6.45) is -51.1. The van der Waals surface area contributed by atoms with Crippen molar-refractivity contribution in [3.63, 3.8) is 0 Å². The number of amides is 5. The van der Waals surface area contributed by atoms with Crippen molar-refractivity contribution >= 4 is 30.1 Å². The Morgan fingerprint density at radius 1 is 0.261 bits per heavy atom. The van der Waals surface area contributed by atoms with Crippen molar-refractivity contribution in [2.45, 2.75) is 189 Å². The highest BCUT2D eigenvalue weighted by Gasteiger charge is 2.39. The minimum Gasteiger partial charge on any atom is -0.449 e. The molecule has 57 heteroatoms. The number of carbonyl (C=O) groups excluding carboxylic acids is 5. The number of ether oxygens (including phenoxy) is 13. The van der Waals surface area contributed by atoms with E-state index in [1.807, 2.05) is 48.5 Å². The number of aliphatic hydroxyl groups is 32. The van der Waals surface area contributed by atoms with Gasteiger partial charge in [0.25, 0.3) is 0 Å². The Kier molecular flexibility index (Phi) is 67.1. The fourth-order valence-electron chi connectivity index (χ4n) is 13.3. The molecule has 0 aliphatic heterocycles. The summed E-state index contributed by atoms with van der Waals surface area (Å²) in [4.78, 5) is 67.3. The summed E-state index contributed by atoms with van der Waals surface area (Å²) in [7, 11) is 0. The van der Waals surface area contributed by atoms with Crippen molar-refractivity contribution in [3.05, 3.63) is 59.7 Å². The summed E-state index contributed by atoms with van der Waals surface area (Å²) < 4.78 is 68.4. The fraction of sp³-hybridized carbons (Fsp3) is 0.800. The third kappa shape index (κ3) is 53.9. The zero-order chi connectivity index (χ0) is 106. The van der Waals surface area contributed by atoms with Gasteiger partial charge in [0.1, 0.15) is 160 Å². The number of benzene rings is 2. The maximum Gasteiger partial charge on any atom is 0.407 e. The van der Waals surface area contributed by atoms with E-state index < -0.39 is 332 Å². The van der Waals surface area contributed by atoms with Crippen LogP contribution >= 0.6 is 0 Å². The van der Waals surface area contributed by atoms with E-state index in [-0.39, 0.29) is 131 Å². The fourth-order valence-corrected chi connectivity index (χ4v) is 13.3. The molecule has 29 atom stereocenters. The molecule has 12 unspecified atom stereocenters. The number of hydrogen-bond acceptors (Lipinski definition) is 52. The standard InChI is InChI=1S/C85H151N7O50/c93-20-69(113)78(122)74(118)65(109)16-91(17-66(110)75(119)79(123)70(114)21-94)14-47(97)24-130-26-49(99)28-132-30-51(101)32-134-34-53(103)36-136-38-55(105)40-138-42-57(107)44-140-83(127)88-11-9-86-73(117)13-64(90-85(129)142-46-63-61-7-3-1-5-59(61)60-6-2-4-8-62(60)63)82(126)87-10-12-89-84(128)141-45-58(108)43-139-41-56(106)39-137-37-54(104)35-135-33-52(102)31-133-29-50(100)27-131-25-48(98)15-92(18-67(111)76(120)80(124)71(115)22-95)19-68(112)77(121)81(125)72(116)23-96/h1-8,47-58,63-72,74-81,93-116,118-125H,9-46H2,(H,86,117)(H,87,126)(H,88,127)(H,89,128)(H,90,129)/t47?,48?,49?,50?,51?,52?,53?,54?,55?,56?,57?,58?,64-,65+,66+,67+,68+,69-,70-,71-,72-,74-,75-,76-,77-,78-,79-,80-,81-/m1/s1. The molecule has 2 aromatic rings. The van der Waals surface area contributed by atoms with E-state index in [9.17, 15) is 167 Å². The lowest BCUT2D eigenvalue weighted by molar-refractivity contribution is -0.133. The highest BCUT2D eigenvalue weighted by molar-refractivity contribution is 5.91. The van der Waals surface area contributed by atoms with Crippen LogP contribution in [0.1, 0.15) is 23.5 Å². The summed E-state index contributed by atoms with van der Waals surface area (Å²) in [6, 6.07) is 13.5. The molecule has 0 heterocycles. The Balaban J connectivity index is 1.31. The van der Waals surface area contributed by atoms with Crippen molar-refractivity contribution in [2.75, 3.05) is 244 Å². The molecule has 826 valence electrons. The summed E-state index contributed by atoms with van der Waals surface area (Å²) in [5.74, 6) is -2.05. The third-order valence-corrected chi connectivity index (χ3v) is 20.8. The largest absolute Gasteiger partial charge is 0.449 e. The summed E-state index contributed by atoms with van der Waals surface area (Å²) >= 11 is 0. The van der Waals surface area contributed by atoms with E-state index >= 15 is 0 Å². The minimum absolute atomic E-state index is 0.157. The van der Waals surface area contributed by atoms with Crippen LogP contribution in [0.3, 0.4) is 0 Å². The first-order valence-electron chi connectivity index (χ1n) is 45.6. The van der Waals surface area contributed by atoms with Crippen LogP contribution in [-0.2, 0) is 71.2 Å². The molecule has 0 saturated carbocycles. The number of alkyl carbamates (subject to hydrolysis) is 3. The van der Waals surface area contributed by atoms with Gasteiger partial charge < -0.3 is 252 Å². The second kappa shape index (κ2) is 73.5. The zero-order valence-corrected chi connectivity index (χ0v) is 78.4. The predicted molar refractivity (Wildman–Crippen MR) is 479 cm³/mol. The number of aliphatic hydroxyl groups excluding tert-OH is 32. The maximum atomic E-state index is 13.6. The molecule has 0 radical (unpaired) electrons. The van der Waals surface area contributed by atoms with E-state index in [0.717, 1.165) is 32.1 Å². The zero-order valence-electron chi connectivity index (χ0n) is 78.4.